The summed E-state index contributed by atoms with van der Waals surface area (Å²) in [7, 11) is 1.59. The molecule has 2 N–H and O–H groups in total. The predicted octanol–water partition coefficient (Wildman–Crippen LogP) is 1.18. The summed E-state index contributed by atoms with van der Waals surface area (Å²) in [5.41, 5.74) is 8.74. The third kappa shape index (κ3) is 3.12. The number of benzene rings is 1. The number of para-hydroxylation sites is 1. The average molecular weight is 367 g/mol. The van der Waals surface area contributed by atoms with Crippen LogP contribution in [-0.2, 0) is 22.7 Å². The minimum absolute atomic E-state index is 0.0851. The highest BCUT2D eigenvalue weighted by Crippen LogP contribution is 2.28. The molecule has 0 radical (unpaired) electrons. The van der Waals surface area contributed by atoms with E-state index in [1.165, 1.54) is 6.92 Å². The Morgan fingerprint density at radius 3 is 2.85 bits per heavy atom. The molecule has 4 rings (SSSR count). The number of hydrogen-bond acceptors (Lipinski definition) is 8. The zero-order valence-corrected chi connectivity index (χ0v) is 14.8. The summed E-state index contributed by atoms with van der Waals surface area (Å²) in [6.07, 6.45) is 3.51. The van der Waals surface area contributed by atoms with E-state index in [4.69, 9.17) is 15.2 Å². The van der Waals surface area contributed by atoms with Crippen molar-refractivity contribution in [1.29, 1.82) is 0 Å². The van der Waals surface area contributed by atoms with E-state index in [0.717, 1.165) is 11.1 Å². The topological polar surface area (TPSA) is 122 Å². The Balaban J connectivity index is 1.68. The zero-order valence-electron chi connectivity index (χ0n) is 14.8. The monoisotopic (exact) mass is 367 g/mol. The van der Waals surface area contributed by atoms with Crippen LogP contribution >= 0.6 is 0 Å². The first-order chi connectivity index (χ1) is 13.0. The van der Waals surface area contributed by atoms with Crippen LogP contribution in [0.25, 0.3) is 16.6 Å². The molecule has 0 aliphatic rings. The Kier molecular flexibility index (Phi) is 4.07. The van der Waals surface area contributed by atoms with Crippen LogP contribution in [0.5, 0.6) is 5.75 Å². The SMILES string of the molecule is COc1cccc2c1nc(N)n1cc(Cn3cc(COC(C)=O)nn3)nc21. The normalized spacial score (nSPS) is 11.2. The number of nitrogen functional groups attached to an aromatic ring is 1. The van der Waals surface area contributed by atoms with E-state index in [-0.39, 0.29) is 12.6 Å². The third-order valence-electron chi connectivity index (χ3n) is 4.02. The Labute approximate surface area is 153 Å². The van der Waals surface area contributed by atoms with Crippen molar-refractivity contribution in [2.75, 3.05) is 12.8 Å². The maximum absolute atomic E-state index is 10.9. The second kappa shape index (κ2) is 6.56. The molecule has 10 heteroatoms. The Bertz CT molecular complexity index is 1150. The lowest BCUT2D eigenvalue weighted by molar-refractivity contribution is -0.142. The van der Waals surface area contributed by atoms with Crippen LogP contribution in [0.15, 0.2) is 30.6 Å². The second-order valence-electron chi connectivity index (χ2n) is 5.94. The number of carbonyl (C=O) groups is 1. The predicted molar refractivity (Wildman–Crippen MR) is 96.1 cm³/mol. The first kappa shape index (κ1) is 16.8. The van der Waals surface area contributed by atoms with E-state index in [9.17, 15) is 4.79 Å². The molecular formula is C17H17N7O3. The molecule has 0 aliphatic heterocycles. The number of fused-ring (bicyclic) bond motifs is 3. The minimum atomic E-state index is -0.366. The maximum atomic E-state index is 10.9. The minimum Gasteiger partial charge on any atom is -0.494 e. The third-order valence-corrected chi connectivity index (χ3v) is 4.02. The molecule has 0 fully saturated rings. The molecule has 3 heterocycles. The number of nitrogens with zero attached hydrogens (tertiary/aromatic N) is 6. The van der Waals surface area contributed by atoms with Crippen molar-refractivity contribution in [2.45, 2.75) is 20.1 Å². The summed E-state index contributed by atoms with van der Waals surface area (Å²) >= 11 is 0. The number of carbonyl (C=O) groups excluding carboxylic acids is 1. The average Bonchev–Trinajstić information content (AvgIpc) is 3.27. The van der Waals surface area contributed by atoms with Gasteiger partial charge in [0.15, 0.2) is 0 Å². The molecule has 10 nitrogen and oxygen atoms in total. The van der Waals surface area contributed by atoms with Gasteiger partial charge in [0.2, 0.25) is 5.95 Å². The molecule has 1 aromatic carbocycles. The summed E-state index contributed by atoms with van der Waals surface area (Å²) in [5.74, 6) is 0.586. The lowest BCUT2D eigenvalue weighted by atomic mass is 10.2. The quantitative estimate of drug-likeness (QED) is 0.522. The fourth-order valence-electron chi connectivity index (χ4n) is 2.84. The van der Waals surface area contributed by atoms with E-state index in [0.29, 0.717) is 35.1 Å². The van der Waals surface area contributed by atoms with Gasteiger partial charge in [-0.1, -0.05) is 11.3 Å². The van der Waals surface area contributed by atoms with Gasteiger partial charge in [0.25, 0.3) is 0 Å². The molecule has 4 aromatic rings. The lowest BCUT2D eigenvalue weighted by Gasteiger charge is -2.07. The molecule has 3 aromatic heterocycles. The van der Waals surface area contributed by atoms with Gasteiger partial charge in [0.05, 0.1) is 25.5 Å². The number of hydrogen-bond donors (Lipinski definition) is 1. The standard InChI is InChI=1S/C17H17N7O3/c1-10(25)27-9-12-7-23(22-21-12)6-11-8-24-16(19-11)13-4-3-5-14(26-2)15(13)20-17(24)18/h3-5,7-8H,6,9H2,1-2H3,(H2,18,20). The van der Waals surface area contributed by atoms with Crippen LogP contribution in [0.1, 0.15) is 18.3 Å². The Morgan fingerprint density at radius 2 is 2.07 bits per heavy atom. The van der Waals surface area contributed by atoms with Gasteiger partial charge in [0, 0.05) is 18.5 Å². The van der Waals surface area contributed by atoms with Gasteiger partial charge >= 0.3 is 5.97 Å². The van der Waals surface area contributed by atoms with Crippen molar-refractivity contribution in [1.82, 2.24) is 29.4 Å². The van der Waals surface area contributed by atoms with Gasteiger partial charge < -0.3 is 15.2 Å². The molecule has 0 atom stereocenters. The van der Waals surface area contributed by atoms with Crippen molar-refractivity contribution in [2.24, 2.45) is 0 Å². The molecule has 0 aliphatic carbocycles. The molecule has 0 saturated carbocycles. The second-order valence-corrected chi connectivity index (χ2v) is 5.94. The van der Waals surface area contributed by atoms with Crippen molar-refractivity contribution in [3.8, 4) is 5.75 Å². The highest BCUT2D eigenvalue weighted by Gasteiger charge is 2.14. The Hall–Kier alpha value is -3.69. The van der Waals surface area contributed by atoms with Crippen LogP contribution in [0.2, 0.25) is 0 Å². The lowest BCUT2D eigenvalue weighted by Crippen LogP contribution is -2.01. The molecule has 27 heavy (non-hydrogen) atoms. The number of anilines is 1. The molecule has 138 valence electrons. The van der Waals surface area contributed by atoms with Crippen molar-refractivity contribution in [3.05, 3.63) is 42.0 Å². The largest absolute Gasteiger partial charge is 0.494 e. The fourth-order valence-corrected chi connectivity index (χ4v) is 2.84. The summed E-state index contributed by atoms with van der Waals surface area (Å²) < 4.78 is 13.6. The van der Waals surface area contributed by atoms with Crippen molar-refractivity contribution >= 4 is 28.5 Å². The Morgan fingerprint density at radius 1 is 1.22 bits per heavy atom. The highest BCUT2D eigenvalue weighted by atomic mass is 16.5. The van der Waals surface area contributed by atoms with Crippen molar-refractivity contribution < 1.29 is 14.3 Å². The molecule has 0 saturated heterocycles. The number of esters is 1. The number of nitrogens with two attached hydrogens (primary N) is 1. The molecule has 0 unspecified atom stereocenters. The smallest absolute Gasteiger partial charge is 0.303 e. The molecular weight excluding hydrogens is 350 g/mol. The molecule has 0 spiro atoms. The van der Waals surface area contributed by atoms with Crippen LogP contribution in [0.3, 0.4) is 0 Å². The van der Waals surface area contributed by atoms with Gasteiger partial charge in [-0.25, -0.2) is 14.6 Å². The van der Waals surface area contributed by atoms with Gasteiger partial charge in [0.1, 0.15) is 29.2 Å². The fraction of sp³-hybridized carbons (Fsp3) is 0.235. The first-order valence-electron chi connectivity index (χ1n) is 8.17. The van der Waals surface area contributed by atoms with E-state index >= 15 is 0 Å². The van der Waals surface area contributed by atoms with Gasteiger partial charge in [-0.3, -0.25) is 9.20 Å². The van der Waals surface area contributed by atoms with E-state index in [2.05, 4.69) is 20.3 Å². The molecule has 0 bridgehead atoms. The van der Waals surface area contributed by atoms with Gasteiger partial charge in [-0.05, 0) is 12.1 Å². The summed E-state index contributed by atoms with van der Waals surface area (Å²) in [6.45, 7) is 1.82. The molecule has 0 amide bonds. The first-order valence-corrected chi connectivity index (χ1v) is 8.17. The summed E-state index contributed by atoms with van der Waals surface area (Å²) in [4.78, 5) is 20.0. The van der Waals surface area contributed by atoms with Crippen molar-refractivity contribution in [3.63, 3.8) is 0 Å². The summed E-state index contributed by atoms with van der Waals surface area (Å²) in [6, 6.07) is 5.63. The van der Waals surface area contributed by atoms with Crippen LogP contribution in [0, 0.1) is 0 Å². The number of methoxy groups -OCH3 is 1. The van der Waals surface area contributed by atoms with Gasteiger partial charge in [-0.15, -0.1) is 5.10 Å². The number of imidazole rings is 1. The van der Waals surface area contributed by atoms with Crippen LogP contribution in [-0.4, -0.2) is 42.4 Å². The zero-order chi connectivity index (χ0) is 19.0. The van der Waals surface area contributed by atoms with Gasteiger partial charge in [-0.2, -0.15) is 0 Å². The van der Waals surface area contributed by atoms with E-state index in [1.54, 1.807) is 22.4 Å². The van der Waals surface area contributed by atoms with Crippen LogP contribution < -0.4 is 10.5 Å². The number of rotatable bonds is 5. The highest BCUT2D eigenvalue weighted by molar-refractivity contribution is 5.96. The van der Waals surface area contributed by atoms with Crippen LogP contribution in [0.4, 0.5) is 5.95 Å². The maximum Gasteiger partial charge on any atom is 0.303 e. The number of aromatic nitrogens is 6. The van der Waals surface area contributed by atoms with E-state index < -0.39 is 0 Å². The summed E-state index contributed by atoms with van der Waals surface area (Å²) in [5, 5.41) is 8.84. The van der Waals surface area contributed by atoms with E-state index in [1.807, 2.05) is 24.4 Å². The number of ether oxygens (including phenoxy) is 2.